The molecule has 2 aromatic rings. The summed E-state index contributed by atoms with van der Waals surface area (Å²) in [5, 5.41) is 2.56. The second-order valence-electron chi connectivity index (χ2n) is 4.31. The van der Waals surface area contributed by atoms with Crippen LogP contribution in [-0.2, 0) is 0 Å². The molecule has 1 amide bonds. The molecule has 1 atom stereocenters. The van der Waals surface area contributed by atoms with Crippen LogP contribution >= 0.6 is 35.6 Å². The van der Waals surface area contributed by atoms with Gasteiger partial charge in [0.2, 0.25) is 0 Å². The van der Waals surface area contributed by atoms with Gasteiger partial charge >= 0.3 is 0 Å². The van der Waals surface area contributed by atoms with Gasteiger partial charge in [-0.15, -0.1) is 24.0 Å². The van der Waals surface area contributed by atoms with Crippen molar-refractivity contribution in [3.63, 3.8) is 0 Å². The lowest BCUT2D eigenvalue weighted by Crippen LogP contribution is -2.29. The van der Waals surface area contributed by atoms with Crippen molar-refractivity contribution in [1.29, 1.82) is 0 Å². The van der Waals surface area contributed by atoms with E-state index in [1.807, 2.05) is 36.6 Å². The monoisotopic (exact) mass is 311 g/mol. The second-order valence-corrected chi connectivity index (χ2v) is 6.18. The molecule has 0 aliphatic rings. The van der Waals surface area contributed by atoms with Crippen molar-refractivity contribution in [1.82, 2.24) is 4.90 Å². The third kappa shape index (κ3) is 3.32. The Kier molecular flexibility index (Phi) is 4.55. The van der Waals surface area contributed by atoms with Gasteiger partial charge in [-0.2, -0.15) is 0 Å². The number of carbonyl (C=O) groups is 1. The first-order valence-corrected chi connectivity index (χ1v) is 7.49. The van der Waals surface area contributed by atoms with E-state index in [1.165, 1.54) is 11.3 Å². The van der Waals surface area contributed by atoms with Gasteiger partial charge in [0, 0.05) is 22.3 Å². The standard InChI is InChI=1S/C14H14ClNOS2/c1-9(10-3-5-11(15)6-4-10)16(2)14(17)13-7-12(18)8-19-13/h3-9,18H,1-2H3. The summed E-state index contributed by atoms with van der Waals surface area (Å²) in [6, 6.07) is 9.34. The molecule has 0 bridgehead atoms. The third-order valence-corrected chi connectivity index (χ3v) is 4.65. The molecule has 2 nitrogen and oxygen atoms in total. The summed E-state index contributed by atoms with van der Waals surface area (Å²) < 4.78 is 0. The van der Waals surface area contributed by atoms with E-state index in [2.05, 4.69) is 12.6 Å². The summed E-state index contributed by atoms with van der Waals surface area (Å²) in [4.78, 5) is 15.6. The Morgan fingerprint density at radius 2 is 2.00 bits per heavy atom. The van der Waals surface area contributed by atoms with Crippen molar-refractivity contribution < 1.29 is 4.79 Å². The van der Waals surface area contributed by atoms with Gasteiger partial charge in [-0.1, -0.05) is 23.7 Å². The quantitative estimate of drug-likeness (QED) is 0.826. The van der Waals surface area contributed by atoms with E-state index in [0.717, 1.165) is 10.5 Å². The lowest BCUT2D eigenvalue weighted by atomic mass is 10.1. The van der Waals surface area contributed by atoms with Gasteiger partial charge in [0.25, 0.3) is 5.91 Å². The van der Waals surface area contributed by atoms with Gasteiger partial charge in [-0.25, -0.2) is 0 Å². The van der Waals surface area contributed by atoms with E-state index in [1.54, 1.807) is 18.0 Å². The number of rotatable bonds is 3. The highest BCUT2D eigenvalue weighted by atomic mass is 35.5. The van der Waals surface area contributed by atoms with E-state index in [-0.39, 0.29) is 11.9 Å². The predicted molar refractivity (Wildman–Crippen MR) is 83.5 cm³/mol. The Morgan fingerprint density at radius 3 is 2.53 bits per heavy atom. The molecule has 5 heteroatoms. The van der Waals surface area contributed by atoms with Crippen molar-refractivity contribution in [3.05, 3.63) is 51.2 Å². The fourth-order valence-corrected chi connectivity index (χ4v) is 3.01. The summed E-state index contributed by atoms with van der Waals surface area (Å²) >= 11 is 11.5. The lowest BCUT2D eigenvalue weighted by Gasteiger charge is -2.24. The molecular formula is C14H14ClNOS2. The summed E-state index contributed by atoms with van der Waals surface area (Å²) in [5.74, 6) is 0.00718. The van der Waals surface area contributed by atoms with Gasteiger partial charge in [-0.3, -0.25) is 4.79 Å². The Balaban J connectivity index is 2.16. The number of amides is 1. The van der Waals surface area contributed by atoms with Crippen molar-refractivity contribution >= 4 is 41.5 Å². The van der Waals surface area contributed by atoms with Crippen LogP contribution in [0.15, 0.2) is 40.6 Å². The number of hydrogen-bond donors (Lipinski definition) is 1. The first-order chi connectivity index (χ1) is 8.99. The number of thiophene rings is 1. The highest BCUT2D eigenvalue weighted by Gasteiger charge is 2.20. The molecule has 0 N–H and O–H groups in total. The molecule has 0 aliphatic carbocycles. The van der Waals surface area contributed by atoms with Crippen LogP contribution < -0.4 is 0 Å². The van der Waals surface area contributed by atoms with E-state index >= 15 is 0 Å². The van der Waals surface area contributed by atoms with Crippen molar-refractivity contribution in [2.75, 3.05) is 7.05 Å². The largest absolute Gasteiger partial charge is 0.334 e. The molecule has 1 unspecified atom stereocenters. The number of carbonyl (C=O) groups excluding carboxylic acids is 1. The molecule has 100 valence electrons. The third-order valence-electron chi connectivity index (χ3n) is 3.05. The molecule has 0 spiro atoms. The normalized spacial score (nSPS) is 12.2. The smallest absolute Gasteiger partial charge is 0.264 e. The van der Waals surface area contributed by atoms with E-state index in [0.29, 0.717) is 9.90 Å². The van der Waals surface area contributed by atoms with Gasteiger partial charge in [0.1, 0.15) is 0 Å². The highest BCUT2D eigenvalue weighted by Crippen LogP contribution is 2.25. The zero-order valence-corrected chi connectivity index (χ0v) is 13.1. The Hall–Kier alpha value is -0.970. The summed E-state index contributed by atoms with van der Waals surface area (Å²) in [6.45, 7) is 2.00. The maximum Gasteiger partial charge on any atom is 0.264 e. The topological polar surface area (TPSA) is 20.3 Å². The van der Waals surface area contributed by atoms with E-state index in [4.69, 9.17) is 11.6 Å². The second kappa shape index (κ2) is 5.99. The summed E-state index contributed by atoms with van der Waals surface area (Å²) in [7, 11) is 1.81. The van der Waals surface area contributed by atoms with Crippen LogP contribution in [0.2, 0.25) is 5.02 Å². The molecule has 0 saturated heterocycles. The maximum absolute atomic E-state index is 12.3. The zero-order chi connectivity index (χ0) is 14.0. The molecule has 1 aromatic heterocycles. The summed E-state index contributed by atoms with van der Waals surface area (Å²) in [5.41, 5.74) is 1.06. The first kappa shape index (κ1) is 14.4. The highest BCUT2D eigenvalue weighted by molar-refractivity contribution is 7.80. The number of hydrogen-bond acceptors (Lipinski definition) is 3. The number of halogens is 1. The van der Waals surface area contributed by atoms with Crippen LogP contribution in [-0.4, -0.2) is 17.9 Å². The molecule has 19 heavy (non-hydrogen) atoms. The molecule has 0 radical (unpaired) electrons. The van der Waals surface area contributed by atoms with Crippen LogP contribution in [0.25, 0.3) is 0 Å². The molecule has 1 heterocycles. The van der Waals surface area contributed by atoms with Crippen molar-refractivity contribution in [2.24, 2.45) is 0 Å². The first-order valence-electron chi connectivity index (χ1n) is 5.79. The number of thiol groups is 1. The minimum Gasteiger partial charge on any atom is -0.334 e. The molecule has 1 aromatic carbocycles. The average Bonchev–Trinajstić information content (AvgIpc) is 2.84. The number of benzene rings is 1. The fraction of sp³-hybridized carbons (Fsp3) is 0.214. The van der Waals surface area contributed by atoms with Gasteiger partial charge in [0.15, 0.2) is 0 Å². The van der Waals surface area contributed by atoms with Gasteiger partial charge in [-0.05, 0) is 30.7 Å². The SMILES string of the molecule is CC(c1ccc(Cl)cc1)N(C)C(=O)c1cc(S)cs1. The van der Waals surface area contributed by atoms with Crippen LogP contribution in [0.4, 0.5) is 0 Å². The minimum atomic E-state index is -0.00441. The molecule has 0 aliphatic heterocycles. The van der Waals surface area contributed by atoms with Gasteiger partial charge in [0.05, 0.1) is 10.9 Å². The Morgan fingerprint density at radius 1 is 1.37 bits per heavy atom. The maximum atomic E-state index is 12.3. The molecule has 2 rings (SSSR count). The van der Waals surface area contributed by atoms with E-state index in [9.17, 15) is 4.79 Å². The Labute approximate surface area is 127 Å². The van der Waals surface area contributed by atoms with Crippen LogP contribution in [0.5, 0.6) is 0 Å². The molecule has 0 saturated carbocycles. The summed E-state index contributed by atoms with van der Waals surface area (Å²) in [6.07, 6.45) is 0. The average molecular weight is 312 g/mol. The van der Waals surface area contributed by atoms with Crippen LogP contribution in [0, 0.1) is 0 Å². The zero-order valence-electron chi connectivity index (χ0n) is 10.6. The van der Waals surface area contributed by atoms with Gasteiger partial charge < -0.3 is 4.90 Å². The van der Waals surface area contributed by atoms with E-state index < -0.39 is 0 Å². The van der Waals surface area contributed by atoms with Crippen molar-refractivity contribution in [2.45, 2.75) is 17.9 Å². The lowest BCUT2D eigenvalue weighted by molar-refractivity contribution is 0.0747. The molecule has 0 fully saturated rings. The fourth-order valence-electron chi connectivity index (χ4n) is 1.75. The Bertz CT molecular complexity index is 579. The minimum absolute atomic E-state index is 0.00441. The van der Waals surface area contributed by atoms with Crippen LogP contribution in [0.1, 0.15) is 28.2 Å². The van der Waals surface area contributed by atoms with Crippen LogP contribution in [0.3, 0.4) is 0 Å². The molecular weight excluding hydrogens is 298 g/mol. The van der Waals surface area contributed by atoms with Crippen molar-refractivity contribution in [3.8, 4) is 0 Å². The number of nitrogens with zero attached hydrogens (tertiary/aromatic N) is 1. The predicted octanol–water partition coefficient (Wildman–Crippen LogP) is 4.52.